The zero-order valence-electron chi connectivity index (χ0n) is 18.7. The number of halogens is 2. The highest BCUT2D eigenvalue weighted by atomic mass is 19.1. The first kappa shape index (κ1) is 22.3. The number of allylic oxidation sites excluding steroid dienone is 2. The molecule has 178 valence electrons. The van der Waals surface area contributed by atoms with Crippen LogP contribution in [0.2, 0.25) is 0 Å². The number of aromatic nitrogens is 1. The number of ether oxygens (including phenoxy) is 1. The Morgan fingerprint density at radius 3 is 2.74 bits per heavy atom. The van der Waals surface area contributed by atoms with Gasteiger partial charge in [-0.3, -0.25) is 4.79 Å². The molecule has 0 radical (unpaired) electrons. The number of hydrazine groups is 2. The summed E-state index contributed by atoms with van der Waals surface area (Å²) in [5.41, 5.74) is 4.54. The van der Waals surface area contributed by atoms with Crippen LogP contribution in [0.5, 0.6) is 0 Å². The van der Waals surface area contributed by atoms with Gasteiger partial charge in [-0.1, -0.05) is 12.1 Å². The van der Waals surface area contributed by atoms with Crippen LogP contribution in [0.1, 0.15) is 23.0 Å². The van der Waals surface area contributed by atoms with Crippen LogP contribution < -0.4 is 5.43 Å². The van der Waals surface area contributed by atoms with Crippen molar-refractivity contribution in [3.8, 4) is 0 Å². The van der Waals surface area contributed by atoms with E-state index in [0.29, 0.717) is 22.3 Å². The van der Waals surface area contributed by atoms with Gasteiger partial charge in [0.2, 0.25) is 0 Å². The second-order valence-electron chi connectivity index (χ2n) is 7.94. The molecule has 0 spiro atoms. The molecule has 1 amide bonds. The molecule has 5 rings (SSSR count). The van der Waals surface area contributed by atoms with Gasteiger partial charge >= 0.3 is 5.97 Å². The molecule has 2 aliphatic heterocycles. The van der Waals surface area contributed by atoms with Crippen LogP contribution in [0.25, 0.3) is 10.9 Å². The highest BCUT2D eigenvalue weighted by Crippen LogP contribution is 2.25. The van der Waals surface area contributed by atoms with Crippen molar-refractivity contribution >= 4 is 28.5 Å². The van der Waals surface area contributed by atoms with Gasteiger partial charge in [0.25, 0.3) is 5.91 Å². The van der Waals surface area contributed by atoms with Crippen molar-refractivity contribution in [3.05, 3.63) is 95.6 Å². The van der Waals surface area contributed by atoms with Crippen LogP contribution >= 0.6 is 0 Å². The van der Waals surface area contributed by atoms with Crippen molar-refractivity contribution in [2.45, 2.75) is 13.5 Å². The van der Waals surface area contributed by atoms with Crippen LogP contribution in [0, 0.1) is 11.6 Å². The minimum Gasteiger partial charge on any atom is -0.461 e. The van der Waals surface area contributed by atoms with Crippen LogP contribution in [0.3, 0.4) is 0 Å². The molecule has 0 fully saturated rings. The standard InChI is InChI=1S/C25H21F2N5O3/c1-2-35-25(34)20-15-31-23(28-20)7-4-10-32(31)29-24(33)22-13-17-12-19(27)8-9-21(17)30(22)14-16-5-3-6-18(26)11-16/h3-13H,2,14-15H2,1H3,(H,29,33). The third-order valence-corrected chi connectivity index (χ3v) is 5.60. The molecule has 0 bridgehead atoms. The molecule has 0 saturated heterocycles. The van der Waals surface area contributed by atoms with Crippen LogP contribution in [-0.4, -0.2) is 45.4 Å². The van der Waals surface area contributed by atoms with Gasteiger partial charge in [-0.25, -0.2) is 29.0 Å². The summed E-state index contributed by atoms with van der Waals surface area (Å²) in [5.74, 6) is -1.35. The van der Waals surface area contributed by atoms with E-state index in [0.717, 1.165) is 0 Å². The van der Waals surface area contributed by atoms with Gasteiger partial charge in [0, 0.05) is 23.6 Å². The van der Waals surface area contributed by atoms with E-state index in [1.807, 2.05) is 0 Å². The molecular weight excluding hydrogens is 456 g/mol. The molecule has 0 atom stereocenters. The zero-order valence-corrected chi connectivity index (χ0v) is 18.7. The highest BCUT2D eigenvalue weighted by Gasteiger charge is 2.31. The Kier molecular flexibility index (Phi) is 5.77. The third kappa shape index (κ3) is 4.37. The van der Waals surface area contributed by atoms with Crippen molar-refractivity contribution in [2.24, 2.45) is 4.99 Å². The molecule has 35 heavy (non-hydrogen) atoms. The number of hydrogen-bond donors (Lipinski definition) is 1. The number of carbonyl (C=O) groups is 2. The fourth-order valence-corrected chi connectivity index (χ4v) is 4.06. The highest BCUT2D eigenvalue weighted by molar-refractivity contribution is 6.38. The van der Waals surface area contributed by atoms with Gasteiger partial charge in [0.1, 0.15) is 28.9 Å². The van der Waals surface area contributed by atoms with Gasteiger partial charge in [-0.15, -0.1) is 0 Å². The third-order valence-electron chi connectivity index (χ3n) is 5.60. The van der Waals surface area contributed by atoms with Gasteiger partial charge in [0.15, 0.2) is 0 Å². The van der Waals surface area contributed by atoms with Crippen molar-refractivity contribution < 1.29 is 23.1 Å². The first-order valence-corrected chi connectivity index (χ1v) is 11.0. The average Bonchev–Trinajstić information content (AvgIpc) is 3.42. The smallest absolute Gasteiger partial charge is 0.354 e. The predicted molar refractivity (Wildman–Crippen MR) is 125 cm³/mol. The van der Waals surface area contributed by atoms with Crippen LogP contribution in [0.4, 0.5) is 8.78 Å². The second-order valence-corrected chi connectivity index (χ2v) is 7.94. The molecule has 3 heterocycles. The second kappa shape index (κ2) is 9.05. The number of amides is 1. The summed E-state index contributed by atoms with van der Waals surface area (Å²) in [6.07, 6.45) is 5.00. The molecule has 0 saturated carbocycles. The van der Waals surface area contributed by atoms with E-state index >= 15 is 0 Å². The largest absolute Gasteiger partial charge is 0.461 e. The molecule has 3 aromatic rings. The maximum atomic E-state index is 13.9. The normalized spacial score (nSPS) is 14.6. The fraction of sp³-hybridized carbons (Fsp3) is 0.160. The van der Waals surface area contributed by atoms with E-state index in [2.05, 4.69) is 10.4 Å². The van der Waals surface area contributed by atoms with Gasteiger partial charge in [-0.05, 0) is 61.0 Å². The summed E-state index contributed by atoms with van der Waals surface area (Å²) < 4.78 is 34.4. The number of nitrogens with one attached hydrogen (secondary N) is 1. The lowest BCUT2D eigenvalue weighted by Gasteiger charge is -2.33. The van der Waals surface area contributed by atoms with Gasteiger partial charge in [-0.2, -0.15) is 5.12 Å². The van der Waals surface area contributed by atoms with Crippen LogP contribution in [0.15, 0.2) is 77.7 Å². The Labute approximate surface area is 199 Å². The van der Waals surface area contributed by atoms with E-state index in [9.17, 15) is 18.4 Å². The Morgan fingerprint density at radius 2 is 1.94 bits per heavy atom. The number of hydrogen-bond acceptors (Lipinski definition) is 6. The predicted octanol–water partition coefficient (Wildman–Crippen LogP) is 3.52. The lowest BCUT2D eigenvalue weighted by atomic mass is 10.2. The van der Waals surface area contributed by atoms with Gasteiger partial charge in [0.05, 0.1) is 13.2 Å². The summed E-state index contributed by atoms with van der Waals surface area (Å²) in [4.78, 5) is 29.8. The number of carbonyl (C=O) groups excluding carboxylic acids is 2. The lowest BCUT2D eigenvalue weighted by Crippen LogP contribution is -2.50. The summed E-state index contributed by atoms with van der Waals surface area (Å²) in [7, 11) is 0. The van der Waals surface area contributed by atoms with E-state index in [-0.39, 0.29) is 36.9 Å². The first-order chi connectivity index (χ1) is 16.9. The van der Waals surface area contributed by atoms with E-state index in [1.54, 1.807) is 59.1 Å². The summed E-state index contributed by atoms with van der Waals surface area (Å²) in [5, 5.41) is 3.58. The lowest BCUT2D eigenvalue weighted by molar-refractivity contribution is -0.135. The SMILES string of the molecule is CCOC(=O)C1=NC2=CC=CN(NC(=O)c3cc4cc(F)ccc4n3Cc3cccc(F)c3)N2C1. The maximum absolute atomic E-state index is 13.9. The molecule has 2 aromatic carbocycles. The average molecular weight is 477 g/mol. The Hall–Kier alpha value is -4.47. The number of nitrogens with zero attached hydrogens (tertiary/aromatic N) is 4. The van der Waals surface area contributed by atoms with E-state index < -0.39 is 17.7 Å². The molecule has 1 N–H and O–H groups in total. The molecule has 0 unspecified atom stereocenters. The topological polar surface area (TPSA) is 79.2 Å². The summed E-state index contributed by atoms with van der Waals surface area (Å²) in [6.45, 7) is 2.26. The van der Waals surface area contributed by atoms with Crippen molar-refractivity contribution in [2.75, 3.05) is 13.2 Å². The fourth-order valence-electron chi connectivity index (χ4n) is 4.06. The minimum absolute atomic E-state index is 0.118. The Bertz CT molecular complexity index is 1430. The molecule has 10 heteroatoms. The number of benzene rings is 2. The zero-order chi connectivity index (χ0) is 24.5. The molecule has 1 aromatic heterocycles. The molecular formula is C25H21F2N5O3. The van der Waals surface area contributed by atoms with E-state index in [4.69, 9.17) is 4.74 Å². The minimum atomic E-state index is -0.522. The quantitative estimate of drug-likeness (QED) is 0.550. The number of aliphatic imine (C=N–C) groups is 1. The maximum Gasteiger partial charge on any atom is 0.354 e. The monoisotopic (exact) mass is 477 g/mol. The van der Waals surface area contributed by atoms with Crippen LogP contribution in [-0.2, 0) is 16.1 Å². The summed E-state index contributed by atoms with van der Waals surface area (Å²) >= 11 is 0. The first-order valence-electron chi connectivity index (χ1n) is 11.0. The van der Waals surface area contributed by atoms with Crippen molar-refractivity contribution in [1.82, 2.24) is 20.1 Å². The summed E-state index contributed by atoms with van der Waals surface area (Å²) in [6, 6.07) is 11.9. The Morgan fingerprint density at radius 1 is 1.11 bits per heavy atom. The van der Waals surface area contributed by atoms with Crippen molar-refractivity contribution in [1.29, 1.82) is 0 Å². The van der Waals surface area contributed by atoms with Gasteiger partial charge < -0.3 is 9.30 Å². The molecule has 8 nitrogen and oxygen atoms in total. The molecule has 0 aliphatic carbocycles. The molecule has 2 aliphatic rings. The number of rotatable bonds is 6. The number of fused-ring (bicyclic) bond motifs is 2. The Balaban J connectivity index is 1.43. The number of esters is 1. The van der Waals surface area contributed by atoms with E-state index in [1.165, 1.54) is 29.4 Å². The van der Waals surface area contributed by atoms with Crippen molar-refractivity contribution in [3.63, 3.8) is 0 Å².